The van der Waals surface area contributed by atoms with Gasteiger partial charge in [-0.3, -0.25) is 4.72 Å². The van der Waals surface area contributed by atoms with Crippen molar-refractivity contribution in [3.8, 4) is 0 Å². The molecule has 0 spiro atoms. The lowest BCUT2D eigenvalue weighted by Gasteiger charge is -2.06. The fourth-order valence-electron chi connectivity index (χ4n) is 0.835. The Hall–Kier alpha value is -0.560. The molecule has 0 bridgehead atoms. The molecular formula is C7H6Cl2N2O2S2. The maximum absolute atomic E-state index is 11.5. The Bertz CT molecular complexity index is 502. The highest BCUT2D eigenvalue weighted by Crippen LogP contribution is 2.24. The molecule has 0 saturated heterocycles. The molecule has 0 radical (unpaired) electrons. The second-order valence-corrected chi connectivity index (χ2v) is 5.48. The van der Waals surface area contributed by atoms with Crippen molar-refractivity contribution in [3.63, 3.8) is 0 Å². The van der Waals surface area contributed by atoms with Gasteiger partial charge in [0.05, 0.1) is 14.9 Å². The van der Waals surface area contributed by atoms with E-state index in [2.05, 4.69) is 12.2 Å². The van der Waals surface area contributed by atoms with Crippen molar-refractivity contribution in [2.75, 3.05) is 0 Å². The number of hydrogen-bond acceptors (Lipinski definition) is 3. The highest BCUT2D eigenvalue weighted by Gasteiger charge is 2.15. The smallest absolute Gasteiger partial charge is 0.263 e. The first-order chi connectivity index (χ1) is 6.83. The predicted octanol–water partition coefficient (Wildman–Crippen LogP) is 1.52. The summed E-state index contributed by atoms with van der Waals surface area (Å²) in [7, 11) is -3.76. The van der Waals surface area contributed by atoms with Gasteiger partial charge in [-0.05, 0) is 30.4 Å². The zero-order chi connectivity index (χ0) is 11.6. The Morgan fingerprint density at radius 1 is 1.33 bits per heavy atom. The van der Waals surface area contributed by atoms with Crippen LogP contribution in [-0.2, 0) is 10.0 Å². The summed E-state index contributed by atoms with van der Waals surface area (Å²) in [4.78, 5) is -0.0512. The molecule has 1 rings (SSSR count). The first-order valence-corrected chi connectivity index (χ1v) is 6.25. The molecule has 4 nitrogen and oxygen atoms in total. The monoisotopic (exact) mass is 284 g/mol. The molecule has 0 saturated carbocycles. The highest BCUT2D eigenvalue weighted by molar-refractivity contribution is 7.91. The number of thiocarbonyl (C=S) groups is 1. The summed E-state index contributed by atoms with van der Waals surface area (Å²) in [5, 5.41) is 0.0782. The summed E-state index contributed by atoms with van der Waals surface area (Å²) in [5.74, 6) is 0. The molecule has 15 heavy (non-hydrogen) atoms. The minimum Gasteiger partial charge on any atom is -0.376 e. The van der Waals surface area contributed by atoms with Crippen LogP contribution in [0.2, 0.25) is 10.0 Å². The van der Waals surface area contributed by atoms with Crippen LogP contribution in [0, 0.1) is 0 Å². The Kier molecular flexibility index (Phi) is 3.77. The van der Waals surface area contributed by atoms with Gasteiger partial charge in [-0.2, -0.15) is 0 Å². The third-order valence-corrected chi connectivity index (χ3v) is 3.77. The van der Waals surface area contributed by atoms with Crippen LogP contribution in [0.5, 0.6) is 0 Å². The predicted molar refractivity (Wildman–Crippen MR) is 63.6 cm³/mol. The van der Waals surface area contributed by atoms with Gasteiger partial charge in [-0.15, -0.1) is 0 Å². The maximum Gasteiger partial charge on any atom is 0.263 e. The van der Waals surface area contributed by atoms with Gasteiger partial charge < -0.3 is 5.73 Å². The quantitative estimate of drug-likeness (QED) is 0.808. The summed E-state index contributed by atoms with van der Waals surface area (Å²) in [5.41, 5.74) is 5.07. The van der Waals surface area contributed by atoms with Crippen LogP contribution < -0.4 is 10.5 Å². The van der Waals surface area contributed by atoms with Crippen molar-refractivity contribution in [1.82, 2.24) is 4.72 Å². The van der Waals surface area contributed by atoms with Crippen LogP contribution in [0.15, 0.2) is 23.1 Å². The van der Waals surface area contributed by atoms with Gasteiger partial charge in [0.25, 0.3) is 10.0 Å². The zero-order valence-electron chi connectivity index (χ0n) is 7.20. The lowest BCUT2D eigenvalue weighted by molar-refractivity contribution is 0.592. The Morgan fingerprint density at radius 3 is 2.40 bits per heavy atom. The van der Waals surface area contributed by atoms with E-state index in [-0.39, 0.29) is 20.1 Å². The molecular weight excluding hydrogens is 279 g/mol. The van der Waals surface area contributed by atoms with Gasteiger partial charge >= 0.3 is 0 Å². The van der Waals surface area contributed by atoms with E-state index in [0.29, 0.717) is 0 Å². The summed E-state index contributed by atoms with van der Waals surface area (Å²) >= 11 is 15.7. The average Bonchev–Trinajstić information content (AvgIpc) is 2.07. The maximum atomic E-state index is 11.5. The highest BCUT2D eigenvalue weighted by atomic mass is 35.5. The molecule has 1 aromatic carbocycles. The van der Waals surface area contributed by atoms with E-state index in [1.165, 1.54) is 18.2 Å². The van der Waals surface area contributed by atoms with E-state index < -0.39 is 10.0 Å². The largest absolute Gasteiger partial charge is 0.376 e. The number of hydrogen-bond donors (Lipinski definition) is 2. The number of sulfonamides is 1. The van der Waals surface area contributed by atoms with E-state index in [1.807, 2.05) is 4.72 Å². The van der Waals surface area contributed by atoms with Crippen molar-refractivity contribution in [3.05, 3.63) is 28.2 Å². The molecule has 0 heterocycles. The topological polar surface area (TPSA) is 72.2 Å². The van der Waals surface area contributed by atoms with Crippen LogP contribution in [0.3, 0.4) is 0 Å². The Labute approximate surface area is 102 Å². The molecule has 0 aliphatic heterocycles. The summed E-state index contributed by atoms with van der Waals surface area (Å²) in [6, 6.07) is 3.89. The summed E-state index contributed by atoms with van der Waals surface area (Å²) in [6.07, 6.45) is 0. The standard InChI is InChI=1S/C7H6Cl2N2O2S2/c8-5-2-1-4(3-6(5)9)15(12,13)11-7(10)14/h1-3H,(H3,10,11,14). The van der Waals surface area contributed by atoms with Crippen LogP contribution in [-0.4, -0.2) is 13.5 Å². The first-order valence-electron chi connectivity index (χ1n) is 3.60. The van der Waals surface area contributed by atoms with E-state index >= 15 is 0 Å². The number of benzene rings is 1. The van der Waals surface area contributed by atoms with Gasteiger partial charge in [0, 0.05) is 0 Å². The van der Waals surface area contributed by atoms with Gasteiger partial charge in [0.1, 0.15) is 0 Å². The second kappa shape index (κ2) is 4.52. The fourth-order valence-corrected chi connectivity index (χ4v) is 2.43. The van der Waals surface area contributed by atoms with Gasteiger partial charge in [-0.1, -0.05) is 23.2 Å². The minimum absolute atomic E-state index is 0.0512. The van der Waals surface area contributed by atoms with Crippen LogP contribution in [0.25, 0.3) is 0 Å². The number of rotatable bonds is 2. The van der Waals surface area contributed by atoms with Crippen LogP contribution in [0.4, 0.5) is 0 Å². The van der Waals surface area contributed by atoms with Crippen molar-refractivity contribution in [2.45, 2.75) is 4.90 Å². The molecule has 0 unspecified atom stereocenters. The zero-order valence-corrected chi connectivity index (χ0v) is 10.3. The van der Waals surface area contributed by atoms with E-state index in [9.17, 15) is 8.42 Å². The van der Waals surface area contributed by atoms with Gasteiger partial charge in [-0.25, -0.2) is 8.42 Å². The normalized spacial score (nSPS) is 11.1. The second-order valence-electron chi connectivity index (χ2n) is 2.55. The number of halogens is 2. The molecule has 0 aromatic heterocycles. The molecule has 0 atom stereocenters. The molecule has 3 N–H and O–H groups in total. The molecule has 0 amide bonds. The lowest BCUT2D eigenvalue weighted by Crippen LogP contribution is -2.34. The fraction of sp³-hybridized carbons (Fsp3) is 0. The van der Waals surface area contributed by atoms with Crippen molar-refractivity contribution in [1.29, 1.82) is 0 Å². The Balaban J connectivity index is 3.17. The van der Waals surface area contributed by atoms with E-state index in [4.69, 9.17) is 28.9 Å². The third kappa shape index (κ3) is 3.20. The Morgan fingerprint density at radius 2 is 1.93 bits per heavy atom. The molecule has 0 aliphatic rings. The van der Waals surface area contributed by atoms with Gasteiger partial charge in [0.2, 0.25) is 0 Å². The summed E-state index contributed by atoms with van der Waals surface area (Å²) in [6.45, 7) is 0. The number of nitrogens with two attached hydrogens (primary N) is 1. The number of nitrogens with one attached hydrogen (secondary N) is 1. The molecule has 82 valence electrons. The first kappa shape index (κ1) is 12.5. The molecule has 8 heteroatoms. The molecule has 1 aromatic rings. The van der Waals surface area contributed by atoms with Crippen LogP contribution in [0.1, 0.15) is 0 Å². The molecule has 0 fully saturated rings. The van der Waals surface area contributed by atoms with E-state index in [1.54, 1.807) is 0 Å². The van der Waals surface area contributed by atoms with E-state index in [0.717, 1.165) is 0 Å². The van der Waals surface area contributed by atoms with Crippen molar-refractivity contribution in [2.24, 2.45) is 5.73 Å². The third-order valence-electron chi connectivity index (χ3n) is 1.44. The molecule has 0 aliphatic carbocycles. The van der Waals surface area contributed by atoms with Crippen LogP contribution >= 0.6 is 35.4 Å². The minimum atomic E-state index is -3.76. The average molecular weight is 285 g/mol. The van der Waals surface area contributed by atoms with Crippen molar-refractivity contribution >= 4 is 50.6 Å². The van der Waals surface area contributed by atoms with Gasteiger partial charge in [0.15, 0.2) is 5.11 Å². The SMILES string of the molecule is NC(=S)NS(=O)(=O)c1ccc(Cl)c(Cl)c1. The summed E-state index contributed by atoms with van der Waals surface area (Å²) < 4.78 is 25.0. The lowest BCUT2D eigenvalue weighted by atomic mass is 10.4. The van der Waals surface area contributed by atoms with Crippen molar-refractivity contribution < 1.29 is 8.42 Å².